The molecule has 1 heterocycles. The largest absolute Gasteiger partial charge is 0.290 e. The minimum Gasteiger partial charge on any atom is -0.290 e. The Morgan fingerprint density at radius 1 is 1.04 bits per heavy atom. The molecular formula is C16H11F3N4O. The van der Waals surface area contributed by atoms with Gasteiger partial charge in [0.1, 0.15) is 5.82 Å². The lowest BCUT2D eigenvalue weighted by Gasteiger charge is -2.05. The summed E-state index contributed by atoms with van der Waals surface area (Å²) in [5.74, 6) is -4.40. The van der Waals surface area contributed by atoms with Gasteiger partial charge in [-0.25, -0.2) is 17.9 Å². The minimum absolute atomic E-state index is 0.0444. The molecule has 0 spiro atoms. The fourth-order valence-electron chi connectivity index (χ4n) is 2.07. The summed E-state index contributed by atoms with van der Waals surface area (Å²) in [5, 5.41) is 6.47. The van der Waals surface area contributed by atoms with Crippen molar-refractivity contribution in [3.05, 3.63) is 65.5 Å². The molecule has 0 unspecified atom stereocenters. The van der Waals surface area contributed by atoms with Gasteiger partial charge in [0.15, 0.2) is 17.5 Å². The van der Waals surface area contributed by atoms with Crippen molar-refractivity contribution in [1.29, 1.82) is 0 Å². The average molecular weight is 332 g/mol. The second-order valence-corrected chi connectivity index (χ2v) is 4.95. The van der Waals surface area contributed by atoms with Crippen LogP contribution in [0.2, 0.25) is 0 Å². The number of carbonyl (C=O) groups is 1. The summed E-state index contributed by atoms with van der Waals surface area (Å²) in [6.07, 6.45) is 0. The van der Waals surface area contributed by atoms with E-state index >= 15 is 0 Å². The molecule has 5 nitrogen and oxygen atoms in total. The first-order valence-electron chi connectivity index (χ1n) is 6.88. The summed E-state index contributed by atoms with van der Waals surface area (Å²) in [6.45, 7) is 0. The molecule has 2 aromatic carbocycles. The molecule has 0 atom stereocenters. The van der Waals surface area contributed by atoms with Crippen LogP contribution in [0.3, 0.4) is 0 Å². The van der Waals surface area contributed by atoms with Crippen LogP contribution in [0, 0.1) is 17.5 Å². The number of aromatic nitrogens is 3. The van der Waals surface area contributed by atoms with Crippen molar-refractivity contribution >= 4 is 11.9 Å². The Bertz CT molecular complexity index is 909. The molecule has 1 amide bonds. The number of hydrogen-bond donors (Lipinski definition) is 1. The van der Waals surface area contributed by atoms with E-state index in [9.17, 15) is 18.0 Å². The second kappa shape index (κ2) is 6.15. The van der Waals surface area contributed by atoms with Gasteiger partial charge in [-0.05, 0) is 6.07 Å². The Morgan fingerprint density at radius 3 is 2.42 bits per heavy atom. The average Bonchev–Trinajstić information content (AvgIpc) is 2.92. The van der Waals surface area contributed by atoms with Crippen molar-refractivity contribution in [3.8, 4) is 11.4 Å². The quantitative estimate of drug-likeness (QED) is 0.750. The third-order valence-corrected chi connectivity index (χ3v) is 3.27. The third kappa shape index (κ3) is 2.98. The Kier molecular flexibility index (Phi) is 4.03. The maximum absolute atomic E-state index is 13.6. The number of aryl methyl sites for hydroxylation is 1. The highest BCUT2D eigenvalue weighted by atomic mass is 19.2. The monoisotopic (exact) mass is 332 g/mol. The van der Waals surface area contributed by atoms with Gasteiger partial charge in [-0.2, -0.15) is 4.98 Å². The molecule has 0 aliphatic carbocycles. The molecule has 1 N–H and O–H groups in total. The van der Waals surface area contributed by atoms with Crippen LogP contribution < -0.4 is 5.32 Å². The lowest BCUT2D eigenvalue weighted by Crippen LogP contribution is -2.17. The molecule has 0 aliphatic heterocycles. The number of carbonyl (C=O) groups excluding carboxylic acids is 1. The van der Waals surface area contributed by atoms with Gasteiger partial charge in [0.25, 0.3) is 5.91 Å². The van der Waals surface area contributed by atoms with E-state index in [1.54, 1.807) is 24.3 Å². The highest BCUT2D eigenvalue weighted by Gasteiger charge is 2.19. The molecule has 0 saturated carbocycles. The number of halogens is 3. The molecule has 3 aromatic rings. The van der Waals surface area contributed by atoms with E-state index in [-0.39, 0.29) is 5.95 Å². The van der Waals surface area contributed by atoms with Crippen LogP contribution in [0.15, 0.2) is 42.5 Å². The molecule has 1 aromatic heterocycles. The SMILES string of the molecule is Cn1nc(-c2ccccc2)nc1NC(=O)c1cc(F)c(F)cc1F. The molecule has 0 fully saturated rings. The van der Waals surface area contributed by atoms with Gasteiger partial charge in [-0.15, -0.1) is 5.10 Å². The summed E-state index contributed by atoms with van der Waals surface area (Å²) in [5.41, 5.74) is 0.103. The first kappa shape index (κ1) is 15.7. The standard InChI is InChI=1S/C16H11F3N4O/c1-23-16(20-14(22-23)9-5-3-2-4-6-9)21-15(24)10-7-12(18)13(19)8-11(10)17/h2-8H,1H3,(H,20,21,22,24). The van der Waals surface area contributed by atoms with Crippen LogP contribution >= 0.6 is 0 Å². The summed E-state index contributed by atoms with van der Waals surface area (Å²) in [7, 11) is 1.54. The summed E-state index contributed by atoms with van der Waals surface area (Å²) < 4.78 is 41.1. The topological polar surface area (TPSA) is 59.8 Å². The van der Waals surface area contributed by atoms with Crippen molar-refractivity contribution < 1.29 is 18.0 Å². The van der Waals surface area contributed by atoms with Crippen molar-refractivity contribution in [2.75, 3.05) is 5.32 Å². The molecule has 24 heavy (non-hydrogen) atoms. The predicted molar refractivity (Wildman–Crippen MR) is 80.7 cm³/mol. The van der Waals surface area contributed by atoms with Gasteiger partial charge in [-0.1, -0.05) is 30.3 Å². The highest BCUT2D eigenvalue weighted by molar-refractivity contribution is 6.03. The van der Waals surface area contributed by atoms with Gasteiger partial charge in [0.2, 0.25) is 5.95 Å². The first-order chi connectivity index (χ1) is 11.5. The first-order valence-corrected chi connectivity index (χ1v) is 6.88. The van der Waals surface area contributed by atoms with E-state index in [1.807, 2.05) is 6.07 Å². The Balaban J connectivity index is 1.88. The normalized spacial score (nSPS) is 10.7. The predicted octanol–water partition coefficient (Wildman–Crippen LogP) is 3.15. The van der Waals surface area contributed by atoms with E-state index in [4.69, 9.17) is 0 Å². The highest BCUT2D eigenvalue weighted by Crippen LogP contribution is 2.18. The smallest absolute Gasteiger partial charge is 0.261 e. The lowest BCUT2D eigenvalue weighted by atomic mass is 10.2. The second-order valence-electron chi connectivity index (χ2n) is 4.95. The van der Waals surface area contributed by atoms with Crippen LogP contribution in [0.25, 0.3) is 11.4 Å². The summed E-state index contributed by atoms with van der Waals surface area (Å²) in [6, 6.07) is 9.83. The fourth-order valence-corrected chi connectivity index (χ4v) is 2.07. The number of anilines is 1. The van der Waals surface area contributed by atoms with Crippen molar-refractivity contribution in [1.82, 2.24) is 14.8 Å². The summed E-state index contributed by atoms with van der Waals surface area (Å²) in [4.78, 5) is 16.2. The van der Waals surface area contributed by atoms with Gasteiger partial charge < -0.3 is 0 Å². The fraction of sp³-hybridized carbons (Fsp3) is 0.0625. The third-order valence-electron chi connectivity index (χ3n) is 3.27. The zero-order valence-electron chi connectivity index (χ0n) is 12.4. The summed E-state index contributed by atoms with van der Waals surface area (Å²) >= 11 is 0. The number of rotatable bonds is 3. The van der Waals surface area contributed by atoms with E-state index in [1.165, 1.54) is 11.7 Å². The van der Waals surface area contributed by atoms with Crippen LogP contribution in [0.4, 0.5) is 19.1 Å². The number of benzene rings is 2. The molecule has 0 aliphatic rings. The van der Waals surface area contributed by atoms with Gasteiger partial charge >= 0.3 is 0 Å². The van der Waals surface area contributed by atoms with Crippen molar-refractivity contribution in [2.24, 2.45) is 7.05 Å². The lowest BCUT2D eigenvalue weighted by molar-refractivity contribution is 0.102. The van der Waals surface area contributed by atoms with Crippen LogP contribution in [-0.4, -0.2) is 20.7 Å². The van der Waals surface area contributed by atoms with Crippen molar-refractivity contribution in [3.63, 3.8) is 0 Å². The van der Waals surface area contributed by atoms with E-state index < -0.39 is 28.9 Å². The number of amides is 1. The molecular weight excluding hydrogens is 321 g/mol. The zero-order chi connectivity index (χ0) is 17.3. The zero-order valence-corrected chi connectivity index (χ0v) is 12.4. The number of hydrogen-bond acceptors (Lipinski definition) is 3. The molecule has 8 heteroatoms. The molecule has 122 valence electrons. The Morgan fingerprint density at radius 2 is 1.71 bits per heavy atom. The number of nitrogens with one attached hydrogen (secondary N) is 1. The number of nitrogens with zero attached hydrogens (tertiary/aromatic N) is 3. The molecule has 0 bridgehead atoms. The maximum Gasteiger partial charge on any atom is 0.261 e. The van der Waals surface area contributed by atoms with Crippen LogP contribution in [0.1, 0.15) is 10.4 Å². The van der Waals surface area contributed by atoms with E-state index in [0.29, 0.717) is 18.0 Å². The van der Waals surface area contributed by atoms with Gasteiger partial charge in [-0.3, -0.25) is 10.1 Å². The van der Waals surface area contributed by atoms with Crippen LogP contribution in [0.5, 0.6) is 0 Å². The minimum atomic E-state index is -1.37. The maximum atomic E-state index is 13.6. The molecule has 3 rings (SSSR count). The molecule has 0 radical (unpaired) electrons. The molecule has 0 saturated heterocycles. The van der Waals surface area contributed by atoms with Gasteiger partial charge in [0, 0.05) is 18.7 Å². The Hall–Kier alpha value is -3.16. The Labute approximate surface area is 134 Å². The van der Waals surface area contributed by atoms with E-state index in [2.05, 4.69) is 15.4 Å². The van der Waals surface area contributed by atoms with Crippen molar-refractivity contribution in [2.45, 2.75) is 0 Å². The van der Waals surface area contributed by atoms with Gasteiger partial charge in [0.05, 0.1) is 5.56 Å². The van der Waals surface area contributed by atoms with Crippen LogP contribution in [-0.2, 0) is 7.05 Å². The van der Waals surface area contributed by atoms with E-state index in [0.717, 1.165) is 5.56 Å².